The molecule has 0 atom stereocenters. The molecule has 16 heavy (non-hydrogen) atoms. The summed E-state index contributed by atoms with van der Waals surface area (Å²) in [4.78, 5) is 0. The summed E-state index contributed by atoms with van der Waals surface area (Å²) in [7, 11) is 0. The standard InChI is InChI=1S/C16H26/c1-7-16(6,8-2)14-11-9-13(10-12-14)15(3,4)5/h9-12H,7-8H2,1-6H3. The molecule has 1 rings (SSSR count). The summed E-state index contributed by atoms with van der Waals surface area (Å²) in [6.45, 7) is 13.7. The van der Waals surface area contributed by atoms with E-state index in [1.54, 1.807) is 0 Å². The van der Waals surface area contributed by atoms with Crippen molar-refractivity contribution < 1.29 is 0 Å². The highest BCUT2D eigenvalue weighted by Crippen LogP contribution is 2.32. The first-order chi connectivity index (χ1) is 7.33. The first-order valence-electron chi connectivity index (χ1n) is 6.44. The Hall–Kier alpha value is -0.780. The van der Waals surface area contributed by atoms with E-state index in [2.05, 4.69) is 65.8 Å². The number of hydrogen-bond donors (Lipinski definition) is 0. The van der Waals surface area contributed by atoms with E-state index < -0.39 is 0 Å². The molecule has 0 aliphatic carbocycles. The molecule has 0 aliphatic heterocycles. The normalized spacial score (nSPS) is 12.9. The van der Waals surface area contributed by atoms with Gasteiger partial charge in [-0.05, 0) is 34.8 Å². The van der Waals surface area contributed by atoms with Crippen molar-refractivity contribution >= 4 is 0 Å². The predicted molar refractivity (Wildman–Crippen MR) is 73.1 cm³/mol. The zero-order valence-corrected chi connectivity index (χ0v) is 11.7. The van der Waals surface area contributed by atoms with Crippen LogP contribution in [-0.4, -0.2) is 0 Å². The molecule has 1 aromatic rings. The van der Waals surface area contributed by atoms with E-state index in [0.717, 1.165) is 0 Å². The SMILES string of the molecule is CCC(C)(CC)c1ccc(C(C)(C)C)cc1. The van der Waals surface area contributed by atoms with Gasteiger partial charge >= 0.3 is 0 Å². The van der Waals surface area contributed by atoms with Crippen molar-refractivity contribution in [2.24, 2.45) is 0 Å². The first kappa shape index (κ1) is 13.3. The maximum absolute atomic E-state index is 2.36. The van der Waals surface area contributed by atoms with Crippen LogP contribution in [0.15, 0.2) is 24.3 Å². The molecule has 0 saturated carbocycles. The Balaban J connectivity index is 3.04. The van der Waals surface area contributed by atoms with Gasteiger partial charge in [0.2, 0.25) is 0 Å². The van der Waals surface area contributed by atoms with Crippen LogP contribution in [0.4, 0.5) is 0 Å². The van der Waals surface area contributed by atoms with Gasteiger partial charge < -0.3 is 0 Å². The van der Waals surface area contributed by atoms with E-state index in [9.17, 15) is 0 Å². The van der Waals surface area contributed by atoms with Gasteiger partial charge in [-0.25, -0.2) is 0 Å². The van der Waals surface area contributed by atoms with E-state index >= 15 is 0 Å². The second-order valence-corrected chi connectivity index (χ2v) is 6.10. The summed E-state index contributed by atoms with van der Waals surface area (Å²) in [6, 6.07) is 9.21. The summed E-state index contributed by atoms with van der Waals surface area (Å²) in [5.41, 5.74) is 3.50. The van der Waals surface area contributed by atoms with E-state index in [1.165, 1.54) is 24.0 Å². The molecular weight excluding hydrogens is 192 g/mol. The van der Waals surface area contributed by atoms with Gasteiger partial charge in [0, 0.05) is 0 Å². The fourth-order valence-corrected chi connectivity index (χ4v) is 2.03. The molecule has 0 saturated heterocycles. The van der Waals surface area contributed by atoms with Crippen LogP contribution in [0.1, 0.15) is 65.5 Å². The van der Waals surface area contributed by atoms with Crippen LogP contribution >= 0.6 is 0 Å². The van der Waals surface area contributed by atoms with Gasteiger partial charge in [0.25, 0.3) is 0 Å². The van der Waals surface area contributed by atoms with Crippen molar-refractivity contribution in [3.8, 4) is 0 Å². The van der Waals surface area contributed by atoms with E-state index in [-0.39, 0.29) is 5.41 Å². The Labute approximate surface area is 101 Å². The predicted octanol–water partition coefficient (Wildman–Crippen LogP) is 5.06. The highest BCUT2D eigenvalue weighted by atomic mass is 14.3. The van der Waals surface area contributed by atoms with Gasteiger partial charge in [-0.2, -0.15) is 0 Å². The van der Waals surface area contributed by atoms with Crippen molar-refractivity contribution in [3.05, 3.63) is 35.4 Å². The molecule has 0 N–H and O–H groups in total. The van der Waals surface area contributed by atoms with Crippen molar-refractivity contribution in [2.75, 3.05) is 0 Å². The third-order valence-electron chi connectivity index (χ3n) is 4.01. The molecule has 0 aliphatic rings. The monoisotopic (exact) mass is 218 g/mol. The number of hydrogen-bond acceptors (Lipinski definition) is 0. The van der Waals surface area contributed by atoms with Gasteiger partial charge in [0.05, 0.1) is 0 Å². The first-order valence-corrected chi connectivity index (χ1v) is 6.44. The minimum atomic E-state index is 0.257. The quantitative estimate of drug-likeness (QED) is 0.665. The molecule has 0 amide bonds. The molecule has 0 bridgehead atoms. The van der Waals surface area contributed by atoms with Crippen LogP contribution in [0.2, 0.25) is 0 Å². The molecule has 1 aromatic carbocycles. The van der Waals surface area contributed by atoms with Crippen LogP contribution < -0.4 is 0 Å². The maximum atomic E-state index is 2.36. The molecule has 90 valence electrons. The highest BCUT2D eigenvalue weighted by Gasteiger charge is 2.22. The van der Waals surface area contributed by atoms with Gasteiger partial charge in [-0.3, -0.25) is 0 Å². The molecule has 0 heteroatoms. The van der Waals surface area contributed by atoms with Crippen molar-refractivity contribution in [3.63, 3.8) is 0 Å². The maximum Gasteiger partial charge on any atom is -0.00805 e. The largest absolute Gasteiger partial charge is 0.0645 e. The van der Waals surface area contributed by atoms with E-state index in [0.29, 0.717) is 5.41 Å². The average molecular weight is 218 g/mol. The van der Waals surface area contributed by atoms with Gasteiger partial charge in [-0.15, -0.1) is 0 Å². The van der Waals surface area contributed by atoms with Crippen LogP contribution in [0.3, 0.4) is 0 Å². The Morgan fingerprint density at radius 2 is 1.12 bits per heavy atom. The van der Waals surface area contributed by atoms with Crippen molar-refractivity contribution in [2.45, 2.75) is 65.2 Å². The Morgan fingerprint density at radius 3 is 1.44 bits per heavy atom. The fraction of sp³-hybridized carbons (Fsp3) is 0.625. The van der Waals surface area contributed by atoms with Crippen LogP contribution in [0, 0.1) is 0 Å². The number of rotatable bonds is 3. The van der Waals surface area contributed by atoms with E-state index in [1.807, 2.05) is 0 Å². The summed E-state index contributed by atoms with van der Waals surface area (Å²) < 4.78 is 0. The van der Waals surface area contributed by atoms with Gasteiger partial charge in [-0.1, -0.05) is 65.8 Å². The molecule has 0 nitrogen and oxygen atoms in total. The summed E-state index contributed by atoms with van der Waals surface area (Å²) >= 11 is 0. The lowest BCUT2D eigenvalue weighted by Gasteiger charge is -2.28. The van der Waals surface area contributed by atoms with Crippen LogP contribution in [0.25, 0.3) is 0 Å². The molecule has 0 heterocycles. The summed E-state index contributed by atoms with van der Waals surface area (Å²) in [5, 5.41) is 0. The second-order valence-electron chi connectivity index (χ2n) is 6.10. The molecule has 0 spiro atoms. The second kappa shape index (κ2) is 4.61. The lowest BCUT2D eigenvalue weighted by atomic mass is 9.76. The highest BCUT2D eigenvalue weighted by molar-refractivity contribution is 5.31. The van der Waals surface area contributed by atoms with Crippen LogP contribution in [-0.2, 0) is 10.8 Å². The lowest BCUT2D eigenvalue weighted by Crippen LogP contribution is -2.20. The topological polar surface area (TPSA) is 0 Å². The Morgan fingerprint density at radius 1 is 0.750 bits per heavy atom. The van der Waals surface area contributed by atoms with Crippen molar-refractivity contribution in [1.82, 2.24) is 0 Å². The van der Waals surface area contributed by atoms with Crippen LogP contribution in [0.5, 0.6) is 0 Å². The molecule has 0 unspecified atom stereocenters. The summed E-state index contributed by atoms with van der Waals surface area (Å²) in [6.07, 6.45) is 2.41. The average Bonchev–Trinajstić information content (AvgIpc) is 2.27. The minimum absolute atomic E-state index is 0.257. The van der Waals surface area contributed by atoms with Gasteiger partial charge in [0.1, 0.15) is 0 Å². The minimum Gasteiger partial charge on any atom is -0.0645 e. The Bertz CT molecular complexity index is 320. The third kappa shape index (κ3) is 2.66. The van der Waals surface area contributed by atoms with Gasteiger partial charge in [0.15, 0.2) is 0 Å². The number of benzene rings is 1. The zero-order valence-electron chi connectivity index (χ0n) is 11.7. The smallest absolute Gasteiger partial charge is 0.00805 e. The van der Waals surface area contributed by atoms with Crippen molar-refractivity contribution in [1.29, 1.82) is 0 Å². The molecule has 0 radical (unpaired) electrons. The lowest BCUT2D eigenvalue weighted by molar-refractivity contribution is 0.438. The third-order valence-corrected chi connectivity index (χ3v) is 4.01. The molecule has 0 fully saturated rings. The summed E-state index contributed by atoms with van der Waals surface area (Å²) in [5.74, 6) is 0. The molecule has 0 aromatic heterocycles. The molecular formula is C16H26. The Kier molecular flexibility index (Phi) is 3.83. The fourth-order valence-electron chi connectivity index (χ4n) is 2.03. The zero-order chi connectivity index (χ0) is 12.4. The van der Waals surface area contributed by atoms with E-state index in [4.69, 9.17) is 0 Å².